The van der Waals surface area contributed by atoms with E-state index in [0.717, 1.165) is 5.56 Å². The van der Waals surface area contributed by atoms with E-state index in [1.807, 2.05) is 31.2 Å². The van der Waals surface area contributed by atoms with Crippen LogP contribution in [0, 0.1) is 0 Å². The number of nitrogens with zero attached hydrogens (tertiary/aromatic N) is 1. The summed E-state index contributed by atoms with van der Waals surface area (Å²) in [6.07, 6.45) is 2.29. The highest BCUT2D eigenvalue weighted by Crippen LogP contribution is 2.28. The molecule has 0 amide bonds. The molecule has 1 saturated heterocycles. The summed E-state index contributed by atoms with van der Waals surface area (Å²) >= 11 is 5.89. The number of aliphatic imine (C=N–C) groups is 1. The van der Waals surface area contributed by atoms with Crippen molar-refractivity contribution in [1.29, 1.82) is 0 Å². The Morgan fingerprint density at radius 2 is 1.85 bits per heavy atom. The van der Waals surface area contributed by atoms with Gasteiger partial charge >= 0.3 is 0 Å². The van der Waals surface area contributed by atoms with Gasteiger partial charge in [-0.3, -0.25) is 0 Å². The van der Waals surface area contributed by atoms with Crippen LogP contribution in [0.3, 0.4) is 0 Å². The van der Waals surface area contributed by atoms with Gasteiger partial charge in [0, 0.05) is 37.6 Å². The smallest absolute Gasteiger partial charge is 0.191 e. The number of halogens is 2. The summed E-state index contributed by atoms with van der Waals surface area (Å²) in [5.41, 5.74) is 1.03. The first-order valence-electron chi connectivity index (χ1n) is 8.40. The monoisotopic (exact) mass is 515 g/mol. The lowest BCUT2D eigenvalue weighted by Crippen LogP contribution is -2.53. The summed E-state index contributed by atoms with van der Waals surface area (Å²) in [6.45, 7) is 4.41. The second kappa shape index (κ2) is 10.7. The van der Waals surface area contributed by atoms with E-state index >= 15 is 0 Å². The van der Waals surface area contributed by atoms with Crippen molar-refractivity contribution < 1.29 is 13.2 Å². The lowest BCUT2D eigenvalue weighted by atomic mass is 9.99. The Labute approximate surface area is 178 Å². The van der Waals surface area contributed by atoms with Crippen molar-refractivity contribution in [2.45, 2.75) is 31.1 Å². The van der Waals surface area contributed by atoms with E-state index in [4.69, 9.17) is 16.3 Å². The molecule has 9 heteroatoms. The first-order valence-corrected chi connectivity index (χ1v) is 10.7. The number of hydrogen-bond acceptors (Lipinski definition) is 4. The van der Waals surface area contributed by atoms with E-state index < -0.39 is 14.6 Å². The molecule has 1 aromatic carbocycles. The molecule has 1 aromatic rings. The Morgan fingerprint density at radius 1 is 1.23 bits per heavy atom. The average Bonchev–Trinajstić information content (AvgIpc) is 2.58. The molecule has 0 radical (unpaired) electrons. The molecule has 0 spiro atoms. The van der Waals surface area contributed by atoms with E-state index in [0.29, 0.717) is 56.7 Å². The maximum absolute atomic E-state index is 12.3. The van der Waals surface area contributed by atoms with Crippen molar-refractivity contribution >= 4 is 51.4 Å². The highest BCUT2D eigenvalue weighted by atomic mass is 127. The third-order valence-corrected chi connectivity index (χ3v) is 6.82. The Bertz CT molecular complexity index is 690. The predicted molar refractivity (Wildman–Crippen MR) is 117 cm³/mol. The first kappa shape index (κ1) is 23.5. The molecule has 1 aliphatic rings. The van der Waals surface area contributed by atoms with Gasteiger partial charge < -0.3 is 15.4 Å². The van der Waals surface area contributed by atoms with E-state index in [-0.39, 0.29) is 24.0 Å². The van der Waals surface area contributed by atoms with Crippen LogP contribution in [0.2, 0.25) is 5.02 Å². The van der Waals surface area contributed by atoms with Crippen LogP contribution in [0.25, 0.3) is 0 Å². The lowest BCUT2D eigenvalue weighted by molar-refractivity contribution is 0.0756. The van der Waals surface area contributed by atoms with Crippen molar-refractivity contribution in [3.8, 4) is 0 Å². The van der Waals surface area contributed by atoms with Crippen LogP contribution in [0.15, 0.2) is 29.3 Å². The largest absolute Gasteiger partial charge is 0.381 e. The molecule has 0 unspecified atom stereocenters. The summed E-state index contributed by atoms with van der Waals surface area (Å²) < 4.78 is 29.2. The summed E-state index contributed by atoms with van der Waals surface area (Å²) in [4.78, 5) is 4.54. The minimum Gasteiger partial charge on any atom is -0.381 e. The second-order valence-corrected chi connectivity index (χ2v) is 9.09. The van der Waals surface area contributed by atoms with Crippen molar-refractivity contribution in [2.75, 3.05) is 32.6 Å². The maximum atomic E-state index is 12.3. The number of nitrogens with one attached hydrogen (secondary N) is 2. The van der Waals surface area contributed by atoms with Crippen molar-refractivity contribution in [3.05, 3.63) is 34.9 Å². The Morgan fingerprint density at radius 3 is 2.38 bits per heavy atom. The van der Waals surface area contributed by atoms with Gasteiger partial charge in [0.25, 0.3) is 0 Å². The molecule has 1 aliphatic heterocycles. The van der Waals surface area contributed by atoms with Gasteiger partial charge in [-0.2, -0.15) is 0 Å². The number of guanidine groups is 1. The van der Waals surface area contributed by atoms with Gasteiger partial charge in [-0.25, -0.2) is 13.4 Å². The molecule has 6 nitrogen and oxygen atoms in total. The summed E-state index contributed by atoms with van der Waals surface area (Å²) in [5.74, 6) is 0.604. The molecule has 0 aromatic heterocycles. The van der Waals surface area contributed by atoms with Crippen molar-refractivity contribution in [3.63, 3.8) is 0 Å². The van der Waals surface area contributed by atoms with Gasteiger partial charge in [0.05, 0.1) is 11.3 Å². The van der Waals surface area contributed by atoms with Crippen LogP contribution in [-0.2, 0) is 21.1 Å². The van der Waals surface area contributed by atoms with Crippen LogP contribution < -0.4 is 10.6 Å². The predicted octanol–water partition coefficient (Wildman–Crippen LogP) is 2.61. The summed E-state index contributed by atoms with van der Waals surface area (Å²) in [7, 11) is -3.21. The third-order valence-electron chi connectivity index (χ3n) is 4.45. The molecular formula is C17H27ClIN3O3S. The number of benzene rings is 1. The zero-order valence-electron chi connectivity index (χ0n) is 15.1. The van der Waals surface area contributed by atoms with E-state index in [1.54, 1.807) is 0 Å². The quantitative estimate of drug-likeness (QED) is 0.346. The van der Waals surface area contributed by atoms with E-state index in [9.17, 15) is 8.42 Å². The molecule has 26 heavy (non-hydrogen) atoms. The van der Waals surface area contributed by atoms with E-state index in [2.05, 4.69) is 15.6 Å². The number of hydrogen-bond donors (Lipinski definition) is 2. The Balaban J connectivity index is 0.00000338. The Kier molecular flexibility index (Phi) is 9.63. The van der Waals surface area contributed by atoms with Gasteiger partial charge in [-0.15, -0.1) is 24.0 Å². The minimum atomic E-state index is -3.21. The van der Waals surface area contributed by atoms with Crippen LogP contribution >= 0.6 is 35.6 Å². The molecule has 2 N–H and O–H groups in total. The molecule has 0 bridgehead atoms. The standard InChI is InChI=1S/C17H26ClN3O3S.HI/c1-3-19-16(20-12-14-4-6-15(18)7-5-14)21-13-17(25(2,22)23)8-10-24-11-9-17;/h4-7H,3,8-13H2,1-2H3,(H2,19,20,21);1H. The van der Waals surface area contributed by atoms with Gasteiger partial charge in [0.1, 0.15) is 0 Å². The fourth-order valence-electron chi connectivity index (χ4n) is 2.77. The highest BCUT2D eigenvalue weighted by molar-refractivity contribution is 14.0. The minimum absolute atomic E-state index is 0. The highest BCUT2D eigenvalue weighted by Gasteiger charge is 2.42. The maximum Gasteiger partial charge on any atom is 0.191 e. The summed E-state index contributed by atoms with van der Waals surface area (Å²) in [6, 6.07) is 7.50. The first-order chi connectivity index (χ1) is 11.9. The van der Waals surface area contributed by atoms with Crippen LogP contribution in [0.5, 0.6) is 0 Å². The molecular weight excluding hydrogens is 489 g/mol. The van der Waals surface area contributed by atoms with Gasteiger partial charge in [-0.1, -0.05) is 23.7 Å². The van der Waals surface area contributed by atoms with Gasteiger partial charge in [0.2, 0.25) is 0 Å². The topological polar surface area (TPSA) is 79.8 Å². The number of ether oxygens (including phenoxy) is 1. The number of rotatable bonds is 6. The van der Waals surface area contributed by atoms with Crippen LogP contribution in [-0.4, -0.2) is 51.7 Å². The van der Waals surface area contributed by atoms with Gasteiger partial charge in [-0.05, 0) is 37.5 Å². The summed E-state index contributed by atoms with van der Waals surface area (Å²) in [5, 5.41) is 7.04. The lowest BCUT2D eigenvalue weighted by Gasteiger charge is -2.35. The fourth-order valence-corrected chi connectivity index (χ4v) is 4.14. The zero-order chi connectivity index (χ0) is 18.3. The molecule has 2 rings (SSSR count). The zero-order valence-corrected chi connectivity index (χ0v) is 19.0. The van der Waals surface area contributed by atoms with Crippen molar-refractivity contribution in [1.82, 2.24) is 10.6 Å². The molecule has 1 heterocycles. The van der Waals surface area contributed by atoms with Crippen molar-refractivity contribution in [2.24, 2.45) is 4.99 Å². The van der Waals surface area contributed by atoms with Gasteiger partial charge in [0.15, 0.2) is 15.8 Å². The Hall–Kier alpha value is -0.580. The van der Waals surface area contributed by atoms with Crippen LogP contribution in [0.1, 0.15) is 25.3 Å². The average molecular weight is 516 g/mol. The number of sulfone groups is 1. The SMILES string of the molecule is CCNC(=NCc1ccc(Cl)cc1)NCC1(S(C)(=O)=O)CCOCC1.I. The third kappa shape index (κ3) is 6.54. The van der Waals surface area contributed by atoms with Crippen LogP contribution in [0.4, 0.5) is 0 Å². The normalized spacial score (nSPS) is 17.3. The molecule has 0 aliphatic carbocycles. The molecule has 0 saturated carbocycles. The fraction of sp³-hybridized carbons (Fsp3) is 0.588. The molecule has 0 atom stereocenters. The molecule has 1 fully saturated rings. The van der Waals surface area contributed by atoms with E-state index in [1.165, 1.54) is 6.26 Å². The second-order valence-electron chi connectivity index (χ2n) is 6.24. The molecule has 148 valence electrons.